The number of hydrogen-bond donors (Lipinski definition) is 17. The fourth-order valence-electron chi connectivity index (χ4n) is 2.23. The molecule has 25 heteroatoms. The first-order valence-corrected chi connectivity index (χ1v) is 14.6. The standard InChI is InChI=1S/2C5H10N2O3.C5H9NO2.2C4H9NO3.C3H7NO3/c2*6-3(5(9)10)1-2-4(7)8;7-5(8)4-2-1-3-6-4;2*1-2(6)3(5)4(7)8;4-2(1-5)3(6)7/h2*3H,1-2,6H2,(H2,7,8)(H,9,10);4,6H,1-3H2,(H,7,8);2*2-3,6H,5H2,1H3,(H,7,8);2,5H,1,4H2,(H,6,7)/t;;4-;;;/m..0.../s1. The lowest BCUT2D eigenvalue weighted by Gasteiger charge is -2.07. The molecular formula is C26H54N8O17. The van der Waals surface area contributed by atoms with Crippen LogP contribution in [0, 0.1) is 0 Å². The third-order valence-corrected chi connectivity index (χ3v) is 5.52. The second kappa shape index (κ2) is 32.6. The average molecular weight is 751 g/mol. The SMILES string of the molecule is CC(O)C(N)C(=O)O.CC(O)C(N)C(=O)O.NC(=O)CCC(N)C(=O)O.NC(=O)CCC(N)C(=O)O.NC(CO)C(=O)O.O=C(O)[C@@H]1CCCN1. The first-order chi connectivity index (χ1) is 23.2. The largest absolute Gasteiger partial charge is 0.480 e. The molecular weight excluding hydrogens is 696 g/mol. The van der Waals surface area contributed by atoms with Gasteiger partial charge in [-0.1, -0.05) is 0 Å². The van der Waals surface area contributed by atoms with Crippen molar-refractivity contribution in [3.8, 4) is 0 Å². The lowest BCUT2D eigenvalue weighted by Crippen LogP contribution is -2.39. The zero-order chi connectivity index (χ0) is 41.6. The molecule has 1 heterocycles. The number of aliphatic carboxylic acids is 6. The van der Waals surface area contributed by atoms with Crippen LogP contribution >= 0.6 is 0 Å². The molecule has 0 aromatic rings. The summed E-state index contributed by atoms with van der Waals surface area (Å²) in [4.78, 5) is 79.8. The predicted molar refractivity (Wildman–Crippen MR) is 174 cm³/mol. The maximum absolute atomic E-state index is 10.1. The van der Waals surface area contributed by atoms with Gasteiger partial charge in [0.1, 0.15) is 36.3 Å². The number of amides is 2. The lowest BCUT2D eigenvalue weighted by atomic mass is 10.2. The van der Waals surface area contributed by atoms with Crippen molar-refractivity contribution in [2.75, 3.05) is 13.2 Å². The maximum Gasteiger partial charge on any atom is 0.323 e. The lowest BCUT2D eigenvalue weighted by molar-refractivity contribution is -0.141. The number of nitrogens with two attached hydrogens (primary N) is 7. The number of hydrogen-bond acceptors (Lipinski definition) is 17. The summed E-state index contributed by atoms with van der Waals surface area (Å²) in [7, 11) is 0. The van der Waals surface area contributed by atoms with Crippen LogP contribution in [0.2, 0.25) is 0 Å². The topological polar surface area (TPSA) is 513 Å². The van der Waals surface area contributed by atoms with Crippen molar-refractivity contribution in [2.24, 2.45) is 40.1 Å². The van der Waals surface area contributed by atoms with Crippen LogP contribution in [0.25, 0.3) is 0 Å². The van der Waals surface area contributed by atoms with Gasteiger partial charge in [0.15, 0.2) is 0 Å². The van der Waals surface area contributed by atoms with E-state index in [4.69, 9.17) is 86.1 Å². The van der Waals surface area contributed by atoms with E-state index in [1.54, 1.807) is 0 Å². The van der Waals surface area contributed by atoms with E-state index in [1.165, 1.54) is 13.8 Å². The average Bonchev–Trinajstić information content (AvgIpc) is 3.58. The Labute approximate surface area is 291 Å². The van der Waals surface area contributed by atoms with Gasteiger partial charge in [0.25, 0.3) is 0 Å². The second-order valence-electron chi connectivity index (χ2n) is 10.2. The van der Waals surface area contributed by atoms with E-state index in [0.29, 0.717) is 0 Å². The fourth-order valence-corrected chi connectivity index (χ4v) is 2.23. The third kappa shape index (κ3) is 39.7. The fraction of sp³-hybridized carbons (Fsp3) is 0.692. The summed E-state index contributed by atoms with van der Waals surface area (Å²) in [5.41, 5.74) is 34.2. The van der Waals surface area contributed by atoms with Crippen LogP contribution in [0.15, 0.2) is 0 Å². The van der Waals surface area contributed by atoms with E-state index < -0.39 is 96.7 Å². The Morgan fingerprint density at radius 2 is 0.922 bits per heavy atom. The highest BCUT2D eigenvalue weighted by atomic mass is 16.4. The Kier molecular flexibility index (Phi) is 35.7. The van der Waals surface area contributed by atoms with Crippen molar-refractivity contribution in [1.82, 2.24) is 5.32 Å². The molecule has 8 atom stereocenters. The summed E-state index contributed by atoms with van der Waals surface area (Å²) >= 11 is 0. The Morgan fingerprint density at radius 3 is 1.02 bits per heavy atom. The molecule has 51 heavy (non-hydrogen) atoms. The molecule has 0 bridgehead atoms. The highest BCUT2D eigenvalue weighted by Crippen LogP contribution is 2.03. The van der Waals surface area contributed by atoms with Gasteiger partial charge < -0.3 is 91.4 Å². The van der Waals surface area contributed by atoms with E-state index in [0.717, 1.165) is 19.4 Å². The predicted octanol–water partition coefficient (Wildman–Crippen LogP) is -6.90. The van der Waals surface area contributed by atoms with Gasteiger partial charge >= 0.3 is 35.8 Å². The molecule has 0 aromatic heterocycles. The minimum atomic E-state index is -1.18. The molecule has 7 unspecified atom stereocenters. The molecule has 1 fully saturated rings. The van der Waals surface area contributed by atoms with E-state index in [1.807, 2.05) is 0 Å². The molecule has 0 saturated carbocycles. The molecule has 24 N–H and O–H groups in total. The molecule has 0 aliphatic carbocycles. The molecule has 0 aromatic carbocycles. The number of carboxylic acid groups (broad SMARTS) is 6. The molecule has 25 nitrogen and oxygen atoms in total. The number of aliphatic hydroxyl groups excluding tert-OH is 3. The van der Waals surface area contributed by atoms with E-state index in [-0.39, 0.29) is 31.7 Å². The summed E-state index contributed by atoms with van der Waals surface area (Å²) in [6.07, 6.45) is 0.0720. The van der Waals surface area contributed by atoms with Crippen LogP contribution in [0.1, 0.15) is 52.4 Å². The minimum absolute atomic E-state index is 0.0213. The number of rotatable bonds is 15. The van der Waals surface area contributed by atoms with Gasteiger partial charge in [0.2, 0.25) is 11.8 Å². The number of primary amides is 2. The van der Waals surface area contributed by atoms with Crippen molar-refractivity contribution < 1.29 is 84.3 Å². The summed E-state index contributed by atoms with van der Waals surface area (Å²) in [6.45, 7) is 3.02. The first kappa shape index (κ1) is 55.8. The third-order valence-electron chi connectivity index (χ3n) is 5.52. The van der Waals surface area contributed by atoms with Crippen LogP contribution in [0.3, 0.4) is 0 Å². The smallest absolute Gasteiger partial charge is 0.323 e. The molecule has 0 spiro atoms. The molecule has 1 aliphatic rings. The van der Waals surface area contributed by atoms with Gasteiger partial charge in [-0.3, -0.25) is 38.4 Å². The highest BCUT2D eigenvalue weighted by Gasteiger charge is 2.20. The van der Waals surface area contributed by atoms with Crippen molar-refractivity contribution in [1.29, 1.82) is 0 Å². The Hall–Kier alpha value is -4.60. The minimum Gasteiger partial charge on any atom is -0.480 e. The Balaban J connectivity index is -0.000000167. The van der Waals surface area contributed by atoms with Crippen molar-refractivity contribution in [3.63, 3.8) is 0 Å². The van der Waals surface area contributed by atoms with Crippen LogP contribution in [0.5, 0.6) is 0 Å². The summed E-state index contributed by atoms with van der Waals surface area (Å²) in [5.74, 6) is -7.54. The van der Waals surface area contributed by atoms with Gasteiger partial charge in [0.05, 0.1) is 18.8 Å². The molecule has 1 aliphatic heterocycles. The monoisotopic (exact) mass is 750 g/mol. The van der Waals surface area contributed by atoms with Crippen LogP contribution in [-0.4, -0.2) is 155 Å². The zero-order valence-corrected chi connectivity index (χ0v) is 28.1. The van der Waals surface area contributed by atoms with E-state index >= 15 is 0 Å². The number of carbonyl (C=O) groups excluding carboxylic acids is 2. The summed E-state index contributed by atoms with van der Waals surface area (Å²) in [6, 6.07) is -5.67. The summed E-state index contributed by atoms with van der Waals surface area (Å²) < 4.78 is 0. The number of carbonyl (C=O) groups is 8. The summed E-state index contributed by atoms with van der Waals surface area (Å²) in [5, 5.41) is 76.6. The number of carboxylic acids is 6. The van der Waals surface area contributed by atoms with Gasteiger partial charge in [-0.25, -0.2) is 0 Å². The van der Waals surface area contributed by atoms with Gasteiger partial charge in [0, 0.05) is 12.8 Å². The Bertz CT molecular complexity index is 984. The van der Waals surface area contributed by atoms with Gasteiger partial charge in [-0.15, -0.1) is 0 Å². The zero-order valence-electron chi connectivity index (χ0n) is 28.1. The molecule has 0 radical (unpaired) electrons. The van der Waals surface area contributed by atoms with Crippen molar-refractivity contribution >= 4 is 47.6 Å². The van der Waals surface area contributed by atoms with Crippen LogP contribution in [-0.2, 0) is 38.4 Å². The van der Waals surface area contributed by atoms with Crippen LogP contribution < -0.4 is 45.5 Å². The quantitative estimate of drug-likeness (QED) is 0.0739. The normalized spacial score (nSPS) is 16.6. The van der Waals surface area contributed by atoms with E-state index in [2.05, 4.69) is 5.32 Å². The van der Waals surface area contributed by atoms with Gasteiger partial charge in [-0.2, -0.15) is 0 Å². The van der Waals surface area contributed by atoms with Gasteiger partial charge in [-0.05, 0) is 46.1 Å². The molecule has 1 saturated heterocycles. The number of nitrogens with one attached hydrogen (secondary N) is 1. The van der Waals surface area contributed by atoms with Crippen LogP contribution in [0.4, 0.5) is 0 Å². The van der Waals surface area contributed by atoms with Crippen molar-refractivity contribution in [2.45, 2.75) is 101 Å². The first-order valence-electron chi connectivity index (χ1n) is 14.6. The van der Waals surface area contributed by atoms with E-state index in [9.17, 15) is 38.4 Å². The highest BCUT2D eigenvalue weighted by molar-refractivity contribution is 5.78. The molecule has 300 valence electrons. The second-order valence-corrected chi connectivity index (χ2v) is 10.2. The number of aliphatic hydroxyl groups is 3. The maximum atomic E-state index is 10.1. The Morgan fingerprint density at radius 1 is 0.608 bits per heavy atom. The molecule has 1 rings (SSSR count). The molecule has 2 amide bonds. The van der Waals surface area contributed by atoms with Crippen molar-refractivity contribution in [3.05, 3.63) is 0 Å².